The van der Waals surface area contributed by atoms with Crippen LogP contribution in [0.15, 0.2) is 40.9 Å². The number of hydrogen-bond donors (Lipinski definition) is 0. The van der Waals surface area contributed by atoms with Gasteiger partial charge >= 0.3 is 0 Å². The summed E-state index contributed by atoms with van der Waals surface area (Å²) in [7, 11) is 0. The minimum absolute atomic E-state index is 0.0314. The first-order valence-corrected chi connectivity index (χ1v) is 13.0. The average Bonchev–Trinajstić information content (AvgIpc) is 3.60. The number of nitrogens with zero attached hydrogens (tertiary/aromatic N) is 4. The van der Waals surface area contributed by atoms with Crippen LogP contribution >= 0.6 is 23.1 Å². The molecule has 1 amide bonds. The van der Waals surface area contributed by atoms with Gasteiger partial charge in [0.15, 0.2) is 16.8 Å². The lowest BCUT2D eigenvalue weighted by atomic mass is 10.0. The maximum atomic E-state index is 13.3. The number of ketones is 1. The molecule has 2 unspecified atom stereocenters. The Morgan fingerprint density at radius 2 is 2.18 bits per heavy atom. The van der Waals surface area contributed by atoms with Crippen molar-refractivity contribution in [3.63, 3.8) is 0 Å². The molecule has 2 aliphatic rings. The molecule has 0 radical (unpaired) electrons. The molecule has 4 heterocycles. The second-order valence-electron chi connectivity index (χ2n) is 8.42. The highest BCUT2D eigenvalue weighted by atomic mass is 32.2. The van der Waals surface area contributed by atoms with Gasteiger partial charge < -0.3 is 9.64 Å². The maximum absolute atomic E-state index is 13.3. The predicted octanol–water partition coefficient (Wildman–Crippen LogP) is 4.46. The largest absolute Gasteiger partial charge is 0.376 e. The molecule has 1 saturated heterocycles. The lowest BCUT2D eigenvalue weighted by Crippen LogP contribution is -2.25. The van der Waals surface area contributed by atoms with E-state index >= 15 is 0 Å². The Balaban J connectivity index is 1.37. The van der Waals surface area contributed by atoms with Gasteiger partial charge in [0, 0.05) is 31.3 Å². The number of Topliss-reactive ketones (excluding diaryl/α,β-unsaturated/α-hetero) is 1. The molecule has 0 spiro atoms. The Kier molecular flexibility index (Phi) is 6.36. The molecule has 0 aliphatic carbocycles. The number of benzene rings is 1. The van der Waals surface area contributed by atoms with Crippen LogP contribution in [0, 0.1) is 0 Å². The number of fused-ring (bicyclic) bond motifs is 1. The van der Waals surface area contributed by atoms with E-state index in [2.05, 4.69) is 14.8 Å². The van der Waals surface area contributed by atoms with E-state index in [4.69, 9.17) is 4.74 Å². The van der Waals surface area contributed by atoms with Crippen LogP contribution in [0.25, 0.3) is 10.7 Å². The van der Waals surface area contributed by atoms with Gasteiger partial charge in [-0.25, -0.2) is 0 Å². The zero-order chi connectivity index (χ0) is 22.9. The van der Waals surface area contributed by atoms with E-state index in [1.54, 1.807) is 23.2 Å². The van der Waals surface area contributed by atoms with E-state index in [1.165, 1.54) is 11.8 Å². The molecule has 0 N–H and O–H groups in total. The average molecular weight is 483 g/mol. The molecular weight excluding hydrogens is 456 g/mol. The zero-order valence-corrected chi connectivity index (χ0v) is 20.3. The van der Waals surface area contributed by atoms with Crippen LogP contribution in [0.1, 0.15) is 42.6 Å². The van der Waals surface area contributed by atoms with Gasteiger partial charge in [-0.15, -0.1) is 21.5 Å². The summed E-state index contributed by atoms with van der Waals surface area (Å²) < 4.78 is 7.97. The fraction of sp³-hybridized carbons (Fsp3) is 0.417. The molecule has 0 bridgehead atoms. The summed E-state index contributed by atoms with van der Waals surface area (Å²) in [6, 6.07) is 9.70. The zero-order valence-electron chi connectivity index (χ0n) is 18.7. The summed E-state index contributed by atoms with van der Waals surface area (Å²) >= 11 is 3.07. The summed E-state index contributed by atoms with van der Waals surface area (Å²) in [5.74, 6) is 0.904. The van der Waals surface area contributed by atoms with Crippen molar-refractivity contribution < 1.29 is 14.3 Å². The highest BCUT2D eigenvalue weighted by Crippen LogP contribution is 2.33. The number of hydrogen-bond acceptors (Lipinski definition) is 7. The topological polar surface area (TPSA) is 77.3 Å². The summed E-state index contributed by atoms with van der Waals surface area (Å²) in [6.07, 6.45) is 3.01. The number of thiophene rings is 1. The van der Waals surface area contributed by atoms with Crippen molar-refractivity contribution >= 4 is 40.5 Å². The Labute approximate surface area is 201 Å². The van der Waals surface area contributed by atoms with Crippen molar-refractivity contribution in [3.05, 3.63) is 46.8 Å². The first kappa shape index (κ1) is 22.3. The van der Waals surface area contributed by atoms with Gasteiger partial charge in [0.05, 0.1) is 22.8 Å². The SMILES string of the molecule is CC(=O)N1CCc2cc(C(=O)C(C)Sc3nnc(-c4cccs4)n3CC3CCCO3)ccc21. The fourth-order valence-corrected chi connectivity index (χ4v) is 6.10. The van der Waals surface area contributed by atoms with Crippen molar-refractivity contribution in [2.45, 2.75) is 56.2 Å². The van der Waals surface area contributed by atoms with Crippen LogP contribution in [-0.2, 0) is 22.5 Å². The number of carbonyl (C=O) groups is 2. The molecule has 1 aromatic carbocycles. The number of carbonyl (C=O) groups excluding carboxylic acids is 2. The summed E-state index contributed by atoms with van der Waals surface area (Å²) in [5.41, 5.74) is 2.63. The molecule has 5 rings (SSSR count). The molecule has 7 nitrogen and oxygen atoms in total. The smallest absolute Gasteiger partial charge is 0.223 e. The van der Waals surface area contributed by atoms with Gasteiger partial charge in [0.25, 0.3) is 0 Å². The number of anilines is 1. The van der Waals surface area contributed by atoms with Gasteiger partial charge in [-0.2, -0.15) is 0 Å². The van der Waals surface area contributed by atoms with Crippen molar-refractivity contribution in [2.24, 2.45) is 0 Å². The number of rotatable bonds is 7. The molecule has 9 heteroatoms. The maximum Gasteiger partial charge on any atom is 0.223 e. The first-order valence-electron chi connectivity index (χ1n) is 11.2. The number of aromatic nitrogens is 3. The molecule has 0 saturated carbocycles. The monoisotopic (exact) mass is 482 g/mol. The Bertz CT molecular complexity index is 1170. The van der Waals surface area contributed by atoms with Crippen molar-refractivity contribution in [1.82, 2.24) is 14.8 Å². The van der Waals surface area contributed by atoms with Gasteiger partial charge in [0.1, 0.15) is 0 Å². The van der Waals surface area contributed by atoms with E-state index < -0.39 is 0 Å². The molecule has 1 fully saturated rings. The Morgan fingerprint density at radius 1 is 1.30 bits per heavy atom. The van der Waals surface area contributed by atoms with Crippen molar-refractivity contribution in [3.8, 4) is 10.7 Å². The van der Waals surface area contributed by atoms with Crippen molar-refractivity contribution in [1.29, 1.82) is 0 Å². The van der Waals surface area contributed by atoms with Crippen LogP contribution in [0.2, 0.25) is 0 Å². The van der Waals surface area contributed by atoms with Gasteiger partial charge in [-0.1, -0.05) is 17.8 Å². The second-order valence-corrected chi connectivity index (χ2v) is 10.7. The minimum Gasteiger partial charge on any atom is -0.376 e. The highest BCUT2D eigenvalue weighted by Gasteiger charge is 2.27. The van der Waals surface area contributed by atoms with Crippen LogP contribution in [0.5, 0.6) is 0 Å². The Hall–Kier alpha value is -2.49. The molecular formula is C24H26N4O3S2. The van der Waals surface area contributed by atoms with E-state index in [1.807, 2.05) is 42.6 Å². The first-order chi connectivity index (χ1) is 16.0. The second kappa shape index (κ2) is 9.40. The molecule has 2 aromatic heterocycles. The third kappa shape index (κ3) is 4.49. The van der Waals surface area contributed by atoms with Gasteiger partial charge in [-0.3, -0.25) is 14.2 Å². The quantitative estimate of drug-likeness (QED) is 0.366. The number of ether oxygens (including phenoxy) is 1. The summed E-state index contributed by atoms with van der Waals surface area (Å²) in [5, 5.41) is 11.3. The molecule has 2 aliphatic heterocycles. The van der Waals surface area contributed by atoms with E-state index in [0.717, 1.165) is 53.0 Å². The minimum atomic E-state index is -0.322. The fourth-order valence-electron chi connectivity index (χ4n) is 4.45. The molecule has 3 aromatic rings. The van der Waals surface area contributed by atoms with Crippen LogP contribution in [0.3, 0.4) is 0 Å². The lowest BCUT2D eigenvalue weighted by Gasteiger charge is -2.17. The normalized spacial score (nSPS) is 18.5. The van der Waals surface area contributed by atoms with Crippen molar-refractivity contribution in [2.75, 3.05) is 18.1 Å². The van der Waals surface area contributed by atoms with Gasteiger partial charge in [-0.05, 0) is 61.4 Å². The van der Waals surface area contributed by atoms with E-state index in [9.17, 15) is 9.59 Å². The third-order valence-corrected chi connectivity index (χ3v) is 8.11. The van der Waals surface area contributed by atoms with Crippen LogP contribution in [0.4, 0.5) is 5.69 Å². The number of thioether (sulfide) groups is 1. The number of amides is 1. The van der Waals surface area contributed by atoms with E-state index in [0.29, 0.717) is 18.7 Å². The molecule has 2 atom stereocenters. The summed E-state index contributed by atoms with van der Waals surface area (Å²) in [6.45, 7) is 5.63. The van der Waals surface area contributed by atoms with Crippen LogP contribution < -0.4 is 4.90 Å². The predicted molar refractivity (Wildman–Crippen MR) is 130 cm³/mol. The van der Waals surface area contributed by atoms with Crippen LogP contribution in [-0.4, -0.2) is 51.0 Å². The van der Waals surface area contributed by atoms with E-state index in [-0.39, 0.29) is 23.0 Å². The molecule has 172 valence electrons. The standard InChI is InChI=1S/C24H26N4O3S2/c1-15(22(30)18-7-8-20-17(13-18)9-10-27(20)16(2)29)33-24-26-25-23(21-6-4-12-32-21)28(24)14-19-5-3-11-31-19/h4,6-8,12-13,15,19H,3,5,9-11,14H2,1-2H3. The summed E-state index contributed by atoms with van der Waals surface area (Å²) in [4.78, 5) is 27.9. The Morgan fingerprint density at radius 3 is 2.91 bits per heavy atom. The van der Waals surface area contributed by atoms with Gasteiger partial charge in [0.2, 0.25) is 5.91 Å². The molecule has 33 heavy (non-hydrogen) atoms. The lowest BCUT2D eigenvalue weighted by molar-refractivity contribution is -0.116. The third-order valence-electron chi connectivity index (χ3n) is 6.16. The highest BCUT2D eigenvalue weighted by molar-refractivity contribution is 8.00.